The maximum Gasteiger partial charge on any atom is 0.264 e. The van der Waals surface area contributed by atoms with Gasteiger partial charge >= 0.3 is 0 Å². The van der Waals surface area contributed by atoms with E-state index in [4.69, 9.17) is 27.9 Å². The molecule has 0 heterocycles. The van der Waals surface area contributed by atoms with E-state index in [2.05, 4.69) is 5.32 Å². The Bertz CT molecular complexity index is 1790. The molecule has 0 fully saturated rings. The summed E-state index contributed by atoms with van der Waals surface area (Å²) in [4.78, 5) is 30.9. The van der Waals surface area contributed by atoms with Crippen LogP contribution in [0.4, 0.5) is 5.69 Å². The van der Waals surface area contributed by atoms with Crippen LogP contribution in [0.1, 0.15) is 31.9 Å². The second-order valence-corrected chi connectivity index (χ2v) is 14.7. The predicted octanol–water partition coefficient (Wildman–Crippen LogP) is 7.47. The lowest BCUT2D eigenvalue weighted by Gasteiger charge is -2.34. The minimum absolute atomic E-state index is 0.00140. The highest BCUT2D eigenvalue weighted by Crippen LogP contribution is 2.34. The van der Waals surface area contributed by atoms with Crippen LogP contribution in [-0.2, 0) is 32.6 Å². The molecule has 0 radical (unpaired) electrons. The molecule has 0 aliphatic rings. The second kappa shape index (κ2) is 17.1. The molecule has 0 saturated heterocycles. The normalized spacial score (nSPS) is 12.0. The fourth-order valence-electron chi connectivity index (χ4n) is 5.12. The molecule has 0 aliphatic carbocycles. The lowest BCUT2D eigenvalue weighted by molar-refractivity contribution is -0.140. The van der Waals surface area contributed by atoms with Gasteiger partial charge in [-0.3, -0.25) is 13.9 Å². The molecule has 0 aromatic heterocycles. The lowest BCUT2D eigenvalue weighted by atomic mass is 10.0. The van der Waals surface area contributed by atoms with Gasteiger partial charge in [-0.05, 0) is 81.1 Å². The number of carbonyl (C=O) groups is 2. The quantitative estimate of drug-likeness (QED) is 0.128. The lowest BCUT2D eigenvalue weighted by Crippen LogP contribution is -2.54. The highest BCUT2D eigenvalue weighted by molar-refractivity contribution is 7.98. The molecule has 1 N–H and O–H groups in total. The molecule has 4 rings (SSSR count). The first-order chi connectivity index (χ1) is 23.0. The number of sulfonamides is 1. The van der Waals surface area contributed by atoms with Gasteiger partial charge in [-0.15, -0.1) is 11.8 Å². The van der Waals surface area contributed by atoms with E-state index in [0.29, 0.717) is 15.6 Å². The molecule has 8 nitrogen and oxygen atoms in total. The monoisotopic (exact) mass is 727 g/mol. The third kappa shape index (κ3) is 9.25. The number of ether oxygens (including phenoxy) is 1. The number of benzene rings is 4. The molecule has 4 aromatic carbocycles. The van der Waals surface area contributed by atoms with E-state index in [9.17, 15) is 18.0 Å². The number of anilines is 1. The molecular weight excluding hydrogens is 689 g/mol. The first-order valence-electron chi connectivity index (χ1n) is 15.4. The van der Waals surface area contributed by atoms with Crippen LogP contribution in [0.2, 0.25) is 10.0 Å². The van der Waals surface area contributed by atoms with Crippen LogP contribution in [0, 0.1) is 0 Å². The summed E-state index contributed by atoms with van der Waals surface area (Å²) in [6.45, 7) is 4.93. The highest BCUT2D eigenvalue weighted by atomic mass is 35.5. The van der Waals surface area contributed by atoms with E-state index in [0.717, 1.165) is 14.8 Å². The molecule has 0 bridgehead atoms. The number of hydrogen-bond donors (Lipinski definition) is 1. The summed E-state index contributed by atoms with van der Waals surface area (Å²) in [5.74, 6) is -0.750. The van der Waals surface area contributed by atoms with E-state index in [-0.39, 0.29) is 41.9 Å². The number of halogens is 2. The smallest absolute Gasteiger partial charge is 0.264 e. The fourth-order valence-corrected chi connectivity index (χ4v) is 7.47. The summed E-state index contributed by atoms with van der Waals surface area (Å²) in [6, 6.07) is 26.1. The number of rotatable bonds is 15. The van der Waals surface area contributed by atoms with E-state index in [1.807, 2.05) is 50.4 Å². The first-order valence-corrected chi connectivity index (χ1v) is 18.8. The Hall–Kier alpha value is -3.70. The number of para-hydroxylation sites is 2. The Balaban J connectivity index is 1.87. The van der Waals surface area contributed by atoms with Crippen molar-refractivity contribution in [3.63, 3.8) is 0 Å². The molecule has 0 unspecified atom stereocenters. The molecule has 0 spiro atoms. The zero-order valence-corrected chi connectivity index (χ0v) is 30.4. The van der Waals surface area contributed by atoms with Crippen molar-refractivity contribution in [2.24, 2.45) is 0 Å². The van der Waals surface area contributed by atoms with Gasteiger partial charge in [0.15, 0.2) is 0 Å². The largest absolute Gasteiger partial charge is 0.492 e. The van der Waals surface area contributed by atoms with E-state index >= 15 is 0 Å². The Kier molecular flexibility index (Phi) is 13.2. The van der Waals surface area contributed by atoms with Gasteiger partial charge in [-0.25, -0.2) is 8.42 Å². The average molecular weight is 729 g/mol. The third-order valence-corrected chi connectivity index (χ3v) is 10.7. The minimum Gasteiger partial charge on any atom is -0.492 e. The molecular formula is C36H39Cl2N3O5S2. The van der Waals surface area contributed by atoms with Crippen molar-refractivity contribution >= 4 is 62.5 Å². The van der Waals surface area contributed by atoms with Gasteiger partial charge in [-0.1, -0.05) is 71.7 Å². The Morgan fingerprint density at radius 2 is 1.50 bits per heavy atom. The topological polar surface area (TPSA) is 96.0 Å². The van der Waals surface area contributed by atoms with E-state index in [1.165, 1.54) is 28.8 Å². The summed E-state index contributed by atoms with van der Waals surface area (Å²) in [7, 11) is -4.32. The van der Waals surface area contributed by atoms with Crippen LogP contribution in [0.3, 0.4) is 0 Å². The van der Waals surface area contributed by atoms with Crippen molar-refractivity contribution in [1.82, 2.24) is 10.2 Å². The van der Waals surface area contributed by atoms with Crippen molar-refractivity contribution in [3.05, 3.63) is 118 Å². The van der Waals surface area contributed by atoms with Crippen molar-refractivity contribution in [2.75, 3.05) is 23.7 Å². The number of nitrogens with one attached hydrogen (secondary N) is 1. The van der Waals surface area contributed by atoms with Gasteiger partial charge < -0.3 is 15.0 Å². The third-order valence-electron chi connectivity index (χ3n) is 7.45. The molecule has 1 atom stereocenters. The van der Waals surface area contributed by atoms with Crippen LogP contribution in [-0.4, -0.2) is 56.6 Å². The van der Waals surface area contributed by atoms with Crippen LogP contribution in [0.15, 0.2) is 107 Å². The SMILES string of the molecule is CCOc1ccccc1N(CC(=O)N(Cc1c(Cl)cccc1Cl)[C@H](Cc1ccccc1)C(=O)NC(C)C)S(=O)(=O)c1ccc(SC)cc1. The highest BCUT2D eigenvalue weighted by Gasteiger charge is 2.36. The number of hydrogen-bond acceptors (Lipinski definition) is 6. The number of nitrogens with zero attached hydrogens (tertiary/aromatic N) is 2. The standard InChI is InChI=1S/C36H39Cl2N3O5S2/c1-5-46-34-17-10-9-16-32(34)41(48(44,45)28-20-18-27(47-4)19-21-28)24-35(42)40(23-29-30(37)14-11-15-31(29)38)33(36(43)39-25(2)3)22-26-12-7-6-8-13-26/h6-21,25,33H,5,22-24H2,1-4H3,(H,39,43)/t33-/m1/s1. The molecule has 0 aliphatic heterocycles. The number of thioether (sulfide) groups is 1. The van der Waals surface area contributed by atoms with Crippen LogP contribution in [0.5, 0.6) is 5.75 Å². The van der Waals surface area contributed by atoms with Crippen molar-refractivity contribution < 1.29 is 22.7 Å². The van der Waals surface area contributed by atoms with Gasteiger partial charge in [0.2, 0.25) is 11.8 Å². The van der Waals surface area contributed by atoms with Gasteiger partial charge in [0.1, 0.15) is 18.3 Å². The minimum atomic E-state index is -4.32. The Morgan fingerprint density at radius 1 is 0.875 bits per heavy atom. The van der Waals surface area contributed by atoms with Crippen molar-refractivity contribution in [1.29, 1.82) is 0 Å². The van der Waals surface area contributed by atoms with Gasteiger partial charge in [0, 0.05) is 39.5 Å². The zero-order chi connectivity index (χ0) is 34.8. The van der Waals surface area contributed by atoms with Crippen LogP contribution < -0.4 is 14.4 Å². The maximum absolute atomic E-state index is 14.7. The summed E-state index contributed by atoms with van der Waals surface area (Å²) >= 11 is 14.7. The molecule has 254 valence electrons. The Morgan fingerprint density at radius 3 is 2.10 bits per heavy atom. The maximum atomic E-state index is 14.7. The number of carbonyl (C=O) groups excluding carboxylic acids is 2. The molecule has 12 heteroatoms. The molecule has 2 amide bonds. The molecule has 4 aromatic rings. The number of amides is 2. The second-order valence-electron chi connectivity index (χ2n) is 11.2. The van der Waals surface area contributed by atoms with E-state index < -0.39 is 34.4 Å². The summed E-state index contributed by atoms with van der Waals surface area (Å²) in [6.07, 6.45) is 2.06. The zero-order valence-electron chi connectivity index (χ0n) is 27.2. The fraction of sp³-hybridized carbons (Fsp3) is 0.278. The predicted molar refractivity (Wildman–Crippen MR) is 195 cm³/mol. The molecule has 0 saturated carbocycles. The van der Waals surface area contributed by atoms with Gasteiger partial charge in [0.05, 0.1) is 17.2 Å². The van der Waals surface area contributed by atoms with Gasteiger partial charge in [-0.2, -0.15) is 0 Å². The van der Waals surface area contributed by atoms with Crippen LogP contribution >= 0.6 is 35.0 Å². The average Bonchev–Trinajstić information content (AvgIpc) is 3.07. The van der Waals surface area contributed by atoms with E-state index in [1.54, 1.807) is 61.5 Å². The summed E-state index contributed by atoms with van der Waals surface area (Å²) in [5.41, 5.74) is 1.43. The van der Waals surface area contributed by atoms with Crippen LogP contribution in [0.25, 0.3) is 0 Å². The molecule has 48 heavy (non-hydrogen) atoms. The van der Waals surface area contributed by atoms with Gasteiger partial charge in [0.25, 0.3) is 10.0 Å². The van der Waals surface area contributed by atoms with Crippen molar-refractivity contribution in [3.8, 4) is 5.75 Å². The summed E-state index contributed by atoms with van der Waals surface area (Å²) in [5, 5.41) is 3.56. The van der Waals surface area contributed by atoms with Crippen molar-refractivity contribution in [2.45, 2.75) is 55.6 Å². The first kappa shape index (κ1) is 37.1. The Labute approximate surface area is 297 Å². The summed E-state index contributed by atoms with van der Waals surface area (Å²) < 4.78 is 35.7.